The van der Waals surface area contributed by atoms with Gasteiger partial charge in [-0.3, -0.25) is 4.90 Å². The third-order valence-electron chi connectivity index (χ3n) is 5.63. The molecule has 0 atom stereocenters. The first-order valence-electron chi connectivity index (χ1n) is 10.9. The maximum absolute atomic E-state index is 9.37. The zero-order chi connectivity index (χ0) is 22.9. The highest BCUT2D eigenvalue weighted by Crippen LogP contribution is 2.15. The highest BCUT2D eigenvalue weighted by atomic mass is 28.3. The third-order valence-corrected chi connectivity index (χ3v) is 9.72. The summed E-state index contributed by atoms with van der Waals surface area (Å²) in [6, 6.07) is 39.7. The first kappa shape index (κ1) is 21.9. The Morgan fingerprint density at radius 2 is 1.15 bits per heavy atom. The Bertz CT molecular complexity index is 1200. The number of nitriles is 1. The van der Waals surface area contributed by atoms with Crippen molar-refractivity contribution in [2.45, 2.75) is 0 Å². The topological polar surface area (TPSA) is 27.0 Å². The summed E-state index contributed by atoms with van der Waals surface area (Å²) >= 11 is 0. The Balaban J connectivity index is 1.87. The largest absolute Gasteiger partial charge is 0.276 e. The molecule has 0 unspecified atom stereocenters. The molecule has 0 spiro atoms. The summed E-state index contributed by atoms with van der Waals surface area (Å²) in [5, 5.41) is 13.1. The van der Waals surface area contributed by atoms with Gasteiger partial charge in [-0.2, -0.15) is 5.26 Å². The summed E-state index contributed by atoms with van der Waals surface area (Å²) in [5.74, 6) is 3.49. The number of benzene rings is 4. The van der Waals surface area contributed by atoms with Crippen LogP contribution < -0.4 is 20.5 Å². The van der Waals surface area contributed by atoms with Gasteiger partial charge in [0.1, 0.15) is 0 Å². The molecule has 0 amide bonds. The molecule has 4 aromatic carbocycles. The minimum atomic E-state index is -2.60. The van der Waals surface area contributed by atoms with E-state index in [1.165, 1.54) is 15.6 Å². The van der Waals surface area contributed by atoms with Crippen LogP contribution in [0.5, 0.6) is 0 Å². The van der Waals surface area contributed by atoms with Gasteiger partial charge >= 0.3 is 0 Å². The van der Waals surface area contributed by atoms with E-state index in [1.54, 1.807) is 11.0 Å². The fourth-order valence-corrected chi connectivity index (χ4v) is 7.85. The monoisotopic (exact) mass is 440 g/mol. The smallest absolute Gasteiger partial charge is 0.230 e. The van der Waals surface area contributed by atoms with Gasteiger partial charge in [-0.15, -0.1) is 12.1 Å². The Hall–Kier alpha value is -4.31. The molecule has 4 aromatic rings. The summed E-state index contributed by atoms with van der Waals surface area (Å²) in [5.41, 5.74) is 5.54. The van der Waals surface area contributed by atoms with Crippen LogP contribution >= 0.6 is 0 Å². The van der Waals surface area contributed by atoms with E-state index in [4.69, 9.17) is 0 Å². The minimum Gasteiger partial charge on any atom is -0.276 e. The van der Waals surface area contributed by atoms with Crippen LogP contribution in [0.4, 0.5) is 5.69 Å². The van der Waals surface area contributed by atoms with Crippen molar-refractivity contribution in [2.75, 3.05) is 11.4 Å². The fourth-order valence-electron chi connectivity index (χ4n) is 4.00. The molecule has 0 saturated heterocycles. The van der Waals surface area contributed by atoms with Crippen LogP contribution in [0.3, 0.4) is 0 Å². The molecule has 0 aromatic heterocycles. The maximum atomic E-state index is 9.37. The zero-order valence-corrected chi connectivity index (χ0v) is 19.4. The molecule has 0 aliphatic rings. The Labute approximate surface area is 197 Å². The zero-order valence-electron chi connectivity index (χ0n) is 18.4. The van der Waals surface area contributed by atoms with Gasteiger partial charge < -0.3 is 0 Å². The molecule has 0 fully saturated rings. The van der Waals surface area contributed by atoms with Gasteiger partial charge in [0.15, 0.2) is 6.19 Å². The number of nitrogens with zero attached hydrogens (tertiary/aromatic N) is 2. The number of anilines is 1. The molecule has 0 N–H and O–H groups in total. The highest BCUT2D eigenvalue weighted by molar-refractivity contribution is 7.16. The second-order valence-electron chi connectivity index (χ2n) is 7.64. The van der Waals surface area contributed by atoms with Crippen LogP contribution in [0.15, 0.2) is 128 Å². The number of hydrogen-bond donors (Lipinski definition) is 0. The second kappa shape index (κ2) is 10.3. The maximum Gasteiger partial charge on any atom is 0.230 e. The predicted molar refractivity (Wildman–Crippen MR) is 140 cm³/mol. The van der Waals surface area contributed by atoms with Crippen LogP contribution in [0.1, 0.15) is 5.56 Å². The first-order chi connectivity index (χ1) is 16.3. The lowest BCUT2D eigenvalue weighted by molar-refractivity contribution is 1.10. The van der Waals surface area contributed by atoms with Crippen LogP contribution in [0, 0.1) is 22.9 Å². The van der Waals surface area contributed by atoms with Crippen molar-refractivity contribution >= 4 is 29.3 Å². The van der Waals surface area contributed by atoms with Crippen molar-refractivity contribution in [3.63, 3.8) is 0 Å². The van der Waals surface area contributed by atoms with Crippen LogP contribution in [-0.4, -0.2) is 14.6 Å². The first-order valence-corrected chi connectivity index (χ1v) is 12.9. The predicted octanol–water partition coefficient (Wildman–Crippen LogP) is 4.22. The van der Waals surface area contributed by atoms with Crippen molar-refractivity contribution < 1.29 is 0 Å². The van der Waals surface area contributed by atoms with Crippen LogP contribution in [-0.2, 0) is 0 Å². The van der Waals surface area contributed by atoms with Gasteiger partial charge in [0.05, 0.1) is 12.2 Å². The molecular formula is C30H24N2Si. The van der Waals surface area contributed by atoms with E-state index in [-0.39, 0.29) is 0 Å². The normalized spacial score (nSPS) is 10.4. The summed E-state index contributed by atoms with van der Waals surface area (Å²) in [6.07, 6.45) is 3.91. The van der Waals surface area contributed by atoms with E-state index in [0.717, 1.165) is 11.3 Å². The van der Waals surface area contributed by atoms with Crippen molar-refractivity contribution in [3.8, 4) is 17.7 Å². The molecule has 2 nitrogen and oxygen atoms in total. The van der Waals surface area contributed by atoms with E-state index in [9.17, 15) is 5.26 Å². The van der Waals surface area contributed by atoms with E-state index in [0.29, 0.717) is 6.54 Å². The van der Waals surface area contributed by atoms with Gasteiger partial charge in [-0.25, -0.2) is 0 Å². The van der Waals surface area contributed by atoms with Crippen LogP contribution in [0.25, 0.3) is 0 Å². The summed E-state index contributed by atoms with van der Waals surface area (Å²) < 4.78 is 0. The van der Waals surface area contributed by atoms with Gasteiger partial charge in [-0.05, 0) is 39.8 Å². The quantitative estimate of drug-likeness (QED) is 0.112. The standard InChI is InChI=1S/C30H24N2Si/c1-2-23-32(25-31)27-20-18-26(19-21-27)22-24-33(28-12-6-3-7-13-28,29-14-8-4-9-15-29)30-16-10-5-11-17-30/h2-21H,1,23H2. The van der Waals surface area contributed by atoms with E-state index in [1.807, 2.05) is 24.3 Å². The molecule has 158 valence electrons. The fraction of sp³-hybridized carbons (Fsp3) is 0.0333. The molecule has 0 aliphatic carbocycles. The molecule has 3 heteroatoms. The molecule has 0 bridgehead atoms. The summed E-state index contributed by atoms with van der Waals surface area (Å²) in [6.45, 7) is 4.20. The lowest BCUT2D eigenvalue weighted by Crippen LogP contribution is -2.66. The van der Waals surface area contributed by atoms with Gasteiger partial charge in [0.2, 0.25) is 8.07 Å². The third kappa shape index (κ3) is 4.65. The van der Waals surface area contributed by atoms with E-state index in [2.05, 4.69) is 115 Å². The van der Waals surface area contributed by atoms with E-state index >= 15 is 0 Å². The number of hydrogen-bond acceptors (Lipinski definition) is 2. The van der Waals surface area contributed by atoms with Crippen molar-refractivity contribution in [2.24, 2.45) is 0 Å². The van der Waals surface area contributed by atoms with Gasteiger partial charge in [-0.1, -0.05) is 103 Å². The second-order valence-corrected chi connectivity index (χ2v) is 11.1. The highest BCUT2D eigenvalue weighted by Gasteiger charge is 2.38. The number of rotatable bonds is 6. The van der Waals surface area contributed by atoms with Crippen molar-refractivity contribution in [1.82, 2.24) is 0 Å². The summed E-state index contributed by atoms with van der Waals surface area (Å²) in [7, 11) is -2.60. The SMILES string of the molecule is C=CCN(C#N)c1ccc(C#C[Si](c2ccccc2)(c2ccccc2)c2ccccc2)cc1. The Morgan fingerprint density at radius 3 is 1.55 bits per heavy atom. The van der Waals surface area contributed by atoms with Crippen molar-refractivity contribution in [1.29, 1.82) is 5.26 Å². The average Bonchev–Trinajstić information content (AvgIpc) is 2.90. The minimum absolute atomic E-state index is 0.480. The van der Waals surface area contributed by atoms with Gasteiger partial charge in [0.25, 0.3) is 0 Å². The molecule has 0 saturated carbocycles. The molecule has 0 heterocycles. The van der Waals surface area contributed by atoms with Crippen molar-refractivity contribution in [3.05, 3.63) is 133 Å². The molecular weight excluding hydrogens is 416 g/mol. The lowest BCUT2D eigenvalue weighted by atomic mass is 10.2. The lowest BCUT2D eigenvalue weighted by Gasteiger charge is -2.28. The molecule has 0 aliphatic heterocycles. The average molecular weight is 441 g/mol. The molecule has 4 rings (SSSR count). The Kier molecular flexibility index (Phi) is 6.86. The van der Waals surface area contributed by atoms with Crippen LogP contribution in [0.2, 0.25) is 0 Å². The molecule has 0 radical (unpaired) electrons. The van der Waals surface area contributed by atoms with Gasteiger partial charge in [0, 0.05) is 5.56 Å². The summed E-state index contributed by atoms with van der Waals surface area (Å²) in [4.78, 5) is 1.60. The molecule has 33 heavy (non-hydrogen) atoms. The van der Waals surface area contributed by atoms with E-state index < -0.39 is 8.07 Å². The Morgan fingerprint density at radius 1 is 0.697 bits per heavy atom.